The molecule has 132 valence electrons. The van der Waals surface area contributed by atoms with Crippen LogP contribution in [0.25, 0.3) is 0 Å². The SMILES string of the molecule is O=C(NCc1cccc(CN2CCCCCC2)c1)C1CCNCC1. The molecular weight excluding hydrogens is 298 g/mol. The fourth-order valence-corrected chi connectivity index (χ4v) is 3.81. The summed E-state index contributed by atoms with van der Waals surface area (Å²) in [6.07, 6.45) is 7.32. The number of likely N-dealkylation sites (tertiary alicyclic amines) is 1. The molecule has 2 fully saturated rings. The van der Waals surface area contributed by atoms with Gasteiger partial charge in [-0.3, -0.25) is 9.69 Å². The summed E-state index contributed by atoms with van der Waals surface area (Å²) in [4.78, 5) is 14.8. The van der Waals surface area contributed by atoms with E-state index in [1.807, 2.05) is 0 Å². The van der Waals surface area contributed by atoms with Crippen molar-refractivity contribution in [2.45, 2.75) is 51.6 Å². The highest BCUT2D eigenvalue weighted by Gasteiger charge is 2.20. The minimum atomic E-state index is 0.187. The van der Waals surface area contributed by atoms with Crippen LogP contribution in [0.4, 0.5) is 0 Å². The molecule has 2 aliphatic rings. The molecule has 1 amide bonds. The van der Waals surface area contributed by atoms with Gasteiger partial charge in [-0.1, -0.05) is 37.1 Å². The second-order valence-corrected chi connectivity index (χ2v) is 7.25. The molecule has 0 aromatic heterocycles. The molecule has 0 radical (unpaired) electrons. The standard InChI is InChI=1S/C20H31N3O/c24-20(19-8-10-21-11-9-19)22-15-17-6-5-7-18(14-17)16-23-12-3-1-2-4-13-23/h5-7,14,19,21H,1-4,8-13,15-16H2,(H,22,24). The lowest BCUT2D eigenvalue weighted by molar-refractivity contribution is -0.125. The molecular formula is C20H31N3O. The molecule has 1 aromatic rings. The van der Waals surface area contributed by atoms with Crippen molar-refractivity contribution in [1.82, 2.24) is 15.5 Å². The van der Waals surface area contributed by atoms with Gasteiger partial charge < -0.3 is 10.6 Å². The summed E-state index contributed by atoms with van der Waals surface area (Å²) < 4.78 is 0. The van der Waals surface area contributed by atoms with Gasteiger partial charge in [0.1, 0.15) is 0 Å². The van der Waals surface area contributed by atoms with Gasteiger partial charge in [-0.05, 0) is 63.0 Å². The number of carbonyl (C=O) groups is 1. The van der Waals surface area contributed by atoms with Gasteiger partial charge in [0.2, 0.25) is 5.91 Å². The molecule has 2 aliphatic heterocycles. The van der Waals surface area contributed by atoms with E-state index in [4.69, 9.17) is 0 Å². The summed E-state index contributed by atoms with van der Waals surface area (Å²) in [7, 11) is 0. The topological polar surface area (TPSA) is 44.4 Å². The van der Waals surface area contributed by atoms with Crippen molar-refractivity contribution in [1.29, 1.82) is 0 Å². The minimum absolute atomic E-state index is 0.187. The van der Waals surface area contributed by atoms with Crippen molar-refractivity contribution in [3.8, 4) is 0 Å². The van der Waals surface area contributed by atoms with Crippen molar-refractivity contribution in [3.63, 3.8) is 0 Å². The van der Waals surface area contributed by atoms with E-state index in [1.54, 1.807) is 0 Å². The van der Waals surface area contributed by atoms with E-state index in [0.29, 0.717) is 6.54 Å². The first-order chi connectivity index (χ1) is 11.8. The third-order valence-electron chi connectivity index (χ3n) is 5.27. The molecule has 24 heavy (non-hydrogen) atoms. The van der Waals surface area contributed by atoms with Crippen molar-refractivity contribution in [2.24, 2.45) is 5.92 Å². The number of hydrogen-bond donors (Lipinski definition) is 2. The van der Waals surface area contributed by atoms with Crippen LogP contribution >= 0.6 is 0 Å². The zero-order valence-electron chi connectivity index (χ0n) is 14.7. The Morgan fingerprint density at radius 1 is 1.08 bits per heavy atom. The third kappa shape index (κ3) is 5.32. The van der Waals surface area contributed by atoms with Gasteiger partial charge in [-0.2, -0.15) is 0 Å². The van der Waals surface area contributed by atoms with Crippen LogP contribution in [0.2, 0.25) is 0 Å². The number of hydrogen-bond acceptors (Lipinski definition) is 3. The first-order valence-electron chi connectivity index (χ1n) is 9.60. The number of amides is 1. The molecule has 2 heterocycles. The molecule has 0 spiro atoms. The van der Waals surface area contributed by atoms with Gasteiger partial charge in [-0.25, -0.2) is 0 Å². The van der Waals surface area contributed by atoms with Crippen molar-refractivity contribution in [3.05, 3.63) is 35.4 Å². The lowest BCUT2D eigenvalue weighted by atomic mass is 9.97. The largest absolute Gasteiger partial charge is 0.352 e. The predicted octanol–water partition coefficient (Wildman–Crippen LogP) is 2.68. The Kier molecular flexibility index (Phi) is 6.67. The maximum atomic E-state index is 12.3. The summed E-state index contributed by atoms with van der Waals surface area (Å²) in [6.45, 7) is 6.05. The molecule has 1 aromatic carbocycles. The Morgan fingerprint density at radius 3 is 2.54 bits per heavy atom. The molecule has 4 heteroatoms. The van der Waals surface area contributed by atoms with Gasteiger partial charge in [0.25, 0.3) is 0 Å². The maximum absolute atomic E-state index is 12.3. The number of piperidine rings is 1. The average molecular weight is 329 g/mol. The van der Waals surface area contributed by atoms with Gasteiger partial charge in [0.15, 0.2) is 0 Å². The van der Waals surface area contributed by atoms with Crippen LogP contribution in [0, 0.1) is 5.92 Å². The van der Waals surface area contributed by atoms with Crippen molar-refractivity contribution < 1.29 is 4.79 Å². The molecule has 2 N–H and O–H groups in total. The zero-order chi connectivity index (χ0) is 16.6. The monoisotopic (exact) mass is 329 g/mol. The van der Waals surface area contributed by atoms with Crippen LogP contribution < -0.4 is 10.6 Å². The second-order valence-electron chi connectivity index (χ2n) is 7.25. The maximum Gasteiger partial charge on any atom is 0.223 e. The highest BCUT2D eigenvalue weighted by atomic mass is 16.1. The summed E-state index contributed by atoms with van der Waals surface area (Å²) >= 11 is 0. The number of carbonyl (C=O) groups excluding carboxylic acids is 1. The van der Waals surface area contributed by atoms with E-state index in [0.717, 1.165) is 32.5 Å². The predicted molar refractivity (Wildman–Crippen MR) is 97.6 cm³/mol. The van der Waals surface area contributed by atoms with Gasteiger partial charge in [0, 0.05) is 19.0 Å². The highest BCUT2D eigenvalue weighted by molar-refractivity contribution is 5.78. The number of benzene rings is 1. The van der Waals surface area contributed by atoms with Gasteiger partial charge in [-0.15, -0.1) is 0 Å². The van der Waals surface area contributed by atoms with Gasteiger partial charge >= 0.3 is 0 Å². The van der Waals surface area contributed by atoms with E-state index >= 15 is 0 Å². The molecule has 0 atom stereocenters. The Balaban J connectivity index is 1.50. The van der Waals surface area contributed by atoms with Gasteiger partial charge in [0.05, 0.1) is 0 Å². The van der Waals surface area contributed by atoms with Crippen LogP contribution in [0.15, 0.2) is 24.3 Å². The Bertz CT molecular complexity index is 517. The molecule has 0 saturated carbocycles. The third-order valence-corrected chi connectivity index (χ3v) is 5.27. The summed E-state index contributed by atoms with van der Waals surface area (Å²) in [5.41, 5.74) is 2.58. The quantitative estimate of drug-likeness (QED) is 0.873. The molecule has 0 aliphatic carbocycles. The number of nitrogens with one attached hydrogen (secondary N) is 2. The van der Waals surface area contributed by atoms with Crippen LogP contribution in [-0.2, 0) is 17.9 Å². The minimum Gasteiger partial charge on any atom is -0.352 e. The molecule has 2 saturated heterocycles. The summed E-state index contributed by atoms with van der Waals surface area (Å²) in [5.74, 6) is 0.404. The smallest absolute Gasteiger partial charge is 0.223 e. The molecule has 4 nitrogen and oxygen atoms in total. The van der Waals surface area contributed by atoms with E-state index in [-0.39, 0.29) is 11.8 Å². The van der Waals surface area contributed by atoms with E-state index < -0.39 is 0 Å². The molecule has 0 unspecified atom stereocenters. The van der Waals surface area contributed by atoms with Crippen LogP contribution in [0.1, 0.15) is 49.7 Å². The Hall–Kier alpha value is -1.39. The average Bonchev–Trinajstić information content (AvgIpc) is 2.89. The highest BCUT2D eigenvalue weighted by Crippen LogP contribution is 2.15. The second kappa shape index (κ2) is 9.19. The van der Waals surface area contributed by atoms with Crippen LogP contribution in [-0.4, -0.2) is 37.0 Å². The molecule has 0 bridgehead atoms. The van der Waals surface area contributed by atoms with Crippen LogP contribution in [0.5, 0.6) is 0 Å². The van der Waals surface area contributed by atoms with E-state index in [9.17, 15) is 4.79 Å². The number of rotatable bonds is 5. The van der Waals surface area contributed by atoms with E-state index in [1.165, 1.54) is 49.9 Å². The van der Waals surface area contributed by atoms with Crippen LogP contribution in [0.3, 0.4) is 0 Å². The van der Waals surface area contributed by atoms with E-state index in [2.05, 4.69) is 39.8 Å². The first-order valence-corrected chi connectivity index (χ1v) is 9.60. The fourth-order valence-electron chi connectivity index (χ4n) is 3.81. The number of nitrogens with zero attached hydrogens (tertiary/aromatic N) is 1. The van der Waals surface area contributed by atoms with Crippen molar-refractivity contribution >= 4 is 5.91 Å². The Labute approximate surface area is 146 Å². The summed E-state index contributed by atoms with van der Waals surface area (Å²) in [6, 6.07) is 8.71. The lowest BCUT2D eigenvalue weighted by Gasteiger charge is -2.22. The fraction of sp³-hybridized carbons (Fsp3) is 0.650. The lowest BCUT2D eigenvalue weighted by Crippen LogP contribution is -2.37. The Morgan fingerprint density at radius 2 is 1.79 bits per heavy atom. The van der Waals surface area contributed by atoms with Crippen molar-refractivity contribution in [2.75, 3.05) is 26.2 Å². The zero-order valence-corrected chi connectivity index (χ0v) is 14.7. The first kappa shape index (κ1) is 17.4. The summed E-state index contributed by atoms with van der Waals surface area (Å²) in [5, 5.41) is 6.44. The molecule has 3 rings (SSSR count). The normalized spacial score (nSPS) is 20.5.